The highest BCUT2D eigenvalue weighted by molar-refractivity contribution is 7.80. The topological polar surface area (TPSA) is 55.1 Å². The molecule has 1 fully saturated rings. The van der Waals surface area contributed by atoms with Crippen LogP contribution in [-0.4, -0.2) is 24.7 Å². The Balaban J connectivity index is 2.40. The lowest BCUT2D eigenvalue weighted by atomic mass is 9.72. The molecule has 1 aliphatic carbocycles. The summed E-state index contributed by atoms with van der Waals surface area (Å²) >= 11 is 4.07. The molecule has 0 aromatic carbocycles. The fourth-order valence-electron chi connectivity index (χ4n) is 2.35. The van der Waals surface area contributed by atoms with E-state index in [0.29, 0.717) is 25.3 Å². The molecule has 1 saturated carbocycles. The summed E-state index contributed by atoms with van der Waals surface area (Å²) in [4.78, 5) is 11.6. The number of carbonyl (C=O) groups is 1. The van der Waals surface area contributed by atoms with Gasteiger partial charge in [0.25, 0.3) is 0 Å². The summed E-state index contributed by atoms with van der Waals surface area (Å²) < 4.78 is 0. The molecular weight excluding hydrogens is 208 g/mol. The van der Waals surface area contributed by atoms with Gasteiger partial charge in [-0.2, -0.15) is 12.6 Å². The van der Waals surface area contributed by atoms with Crippen LogP contribution in [0.2, 0.25) is 0 Å². The van der Waals surface area contributed by atoms with Crippen LogP contribution < -0.4 is 11.1 Å². The van der Waals surface area contributed by atoms with Crippen LogP contribution in [0.3, 0.4) is 0 Å². The van der Waals surface area contributed by atoms with Crippen LogP contribution in [0.1, 0.15) is 38.5 Å². The molecule has 0 radical (unpaired) electrons. The number of hydrogen-bond acceptors (Lipinski definition) is 3. The summed E-state index contributed by atoms with van der Waals surface area (Å²) in [5.74, 6) is 0.831. The zero-order valence-electron chi connectivity index (χ0n) is 9.30. The van der Waals surface area contributed by atoms with E-state index in [1.807, 2.05) is 0 Å². The van der Waals surface area contributed by atoms with Crippen LogP contribution in [-0.2, 0) is 4.79 Å². The molecule has 0 spiro atoms. The first kappa shape index (κ1) is 12.8. The van der Waals surface area contributed by atoms with E-state index >= 15 is 0 Å². The van der Waals surface area contributed by atoms with Crippen LogP contribution in [0.15, 0.2) is 0 Å². The zero-order chi connectivity index (χ0) is 11.1. The van der Waals surface area contributed by atoms with Gasteiger partial charge in [0.15, 0.2) is 0 Å². The molecule has 1 rings (SSSR count). The van der Waals surface area contributed by atoms with E-state index in [-0.39, 0.29) is 11.3 Å². The van der Waals surface area contributed by atoms with E-state index in [2.05, 4.69) is 17.9 Å². The molecule has 1 amide bonds. The van der Waals surface area contributed by atoms with Crippen molar-refractivity contribution in [1.29, 1.82) is 0 Å². The van der Waals surface area contributed by atoms with Gasteiger partial charge in [-0.05, 0) is 24.8 Å². The predicted molar refractivity (Wildman–Crippen MR) is 66.1 cm³/mol. The van der Waals surface area contributed by atoms with Crippen LogP contribution in [0, 0.1) is 5.41 Å². The lowest BCUT2D eigenvalue weighted by molar-refractivity contribution is -0.123. The Morgan fingerprint density at radius 1 is 1.33 bits per heavy atom. The van der Waals surface area contributed by atoms with Gasteiger partial charge >= 0.3 is 0 Å². The third kappa shape index (κ3) is 4.03. The largest absolute Gasteiger partial charge is 0.355 e. The molecule has 3 nitrogen and oxygen atoms in total. The summed E-state index contributed by atoms with van der Waals surface area (Å²) in [6, 6.07) is 0. The van der Waals surface area contributed by atoms with E-state index in [9.17, 15) is 4.79 Å². The van der Waals surface area contributed by atoms with Gasteiger partial charge in [0.05, 0.1) is 0 Å². The zero-order valence-corrected chi connectivity index (χ0v) is 10.2. The van der Waals surface area contributed by atoms with Crippen molar-refractivity contribution in [2.24, 2.45) is 11.1 Å². The van der Waals surface area contributed by atoms with Gasteiger partial charge in [-0.25, -0.2) is 0 Å². The standard InChI is InChI=1S/C11H22N2OS/c12-9-11(4-2-1-3-5-11)8-10(14)13-6-7-15/h15H,1-9,12H2,(H,13,14). The highest BCUT2D eigenvalue weighted by atomic mass is 32.1. The van der Waals surface area contributed by atoms with Gasteiger partial charge in [-0.15, -0.1) is 0 Å². The fraction of sp³-hybridized carbons (Fsp3) is 0.909. The normalized spacial score (nSPS) is 19.9. The van der Waals surface area contributed by atoms with Crippen molar-refractivity contribution in [3.63, 3.8) is 0 Å². The molecular formula is C11H22N2OS. The lowest BCUT2D eigenvalue weighted by Crippen LogP contribution is -2.39. The Labute approximate surface area is 97.6 Å². The van der Waals surface area contributed by atoms with Crippen LogP contribution in [0.25, 0.3) is 0 Å². The number of thiol groups is 1. The van der Waals surface area contributed by atoms with Crippen molar-refractivity contribution in [3.05, 3.63) is 0 Å². The van der Waals surface area contributed by atoms with Gasteiger partial charge in [-0.3, -0.25) is 4.79 Å². The van der Waals surface area contributed by atoms with Crippen LogP contribution in [0.5, 0.6) is 0 Å². The summed E-state index contributed by atoms with van der Waals surface area (Å²) in [5, 5.41) is 2.87. The first-order chi connectivity index (χ1) is 7.22. The molecule has 4 heteroatoms. The molecule has 15 heavy (non-hydrogen) atoms. The van der Waals surface area contributed by atoms with Crippen molar-refractivity contribution in [3.8, 4) is 0 Å². The molecule has 3 N–H and O–H groups in total. The molecule has 0 unspecified atom stereocenters. The summed E-state index contributed by atoms with van der Waals surface area (Å²) in [6.45, 7) is 1.30. The minimum atomic E-state index is 0.0823. The average molecular weight is 230 g/mol. The van der Waals surface area contributed by atoms with Crippen molar-refractivity contribution in [2.45, 2.75) is 38.5 Å². The number of amides is 1. The number of carbonyl (C=O) groups excluding carboxylic acids is 1. The fourth-order valence-corrected chi connectivity index (χ4v) is 2.47. The smallest absolute Gasteiger partial charge is 0.220 e. The highest BCUT2D eigenvalue weighted by Gasteiger charge is 2.32. The summed E-state index contributed by atoms with van der Waals surface area (Å²) in [6.07, 6.45) is 6.54. The second kappa shape index (κ2) is 6.38. The monoisotopic (exact) mass is 230 g/mol. The first-order valence-electron chi connectivity index (χ1n) is 5.80. The number of hydrogen-bond donors (Lipinski definition) is 3. The lowest BCUT2D eigenvalue weighted by Gasteiger charge is -2.35. The van der Waals surface area contributed by atoms with Gasteiger partial charge in [0, 0.05) is 18.7 Å². The van der Waals surface area contributed by atoms with E-state index in [1.165, 1.54) is 19.3 Å². The molecule has 0 bridgehead atoms. The Morgan fingerprint density at radius 3 is 2.53 bits per heavy atom. The summed E-state index contributed by atoms with van der Waals surface area (Å²) in [7, 11) is 0. The molecule has 0 saturated heterocycles. The molecule has 88 valence electrons. The van der Waals surface area contributed by atoms with Crippen molar-refractivity contribution < 1.29 is 4.79 Å². The van der Waals surface area contributed by atoms with Gasteiger partial charge < -0.3 is 11.1 Å². The number of nitrogens with one attached hydrogen (secondary N) is 1. The summed E-state index contributed by atoms with van der Waals surface area (Å²) in [5.41, 5.74) is 5.90. The first-order valence-corrected chi connectivity index (χ1v) is 6.43. The average Bonchev–Trinajstić information content (AvgIpc) is 2.27. The highest BCUT2D eigenvalue weighted by Crippen LogP contribution is 2.38. The third-order valence-electron chi connectivity index (χ3n) is 3.32. The van der Waals surface area contributed by atoms with Crippen molar-refractivity contribution >= 4 is 18.5 Å². The van der Waals surface area contributed by atoms with Gasteiger partial charge in [-0.1, -0.05) is 19.3 Å². The third-order valence-corrected chi connectivity index (χ3v) is 3.54. The van der Waals surface area contributed by atoms with Crippen molar-refractivity contribution in [1.82, 2.24) is 5.32 Å². The van der Waals surface area contributed by atoms with Gasteiger partial charge in [0.2, 0.25) is 5.91 Å². The molecule has 1 aliphatic rings. The maximum absolute atomic E-state index is 11.6. The van der Waals surface area contributed by atoms with E-state index < -0.39 is 0 Å². The minimum Gasteiger partial charge on any atom is -0.355 e. The molecule has 0 heterocycles. The second-order valence-electron chi connectivity index (χ2n) is 4.52. The Bertz CT molecular complexity index is 203. The molecule has 0 atom stereocenters. The maximum atomic E-state index is 11.6. The Morgan fingerprint density at radius 2 is 2.00 bits per heavy atom. The van der Waals surface area contributed by atoms with Crippen molar-refractivity contribution in [2.75, 3.05) is 18.8 Å². The quantitative estimate of drug-likeness (QED) is 0.624. The number of rotatable bonds is 5. The van der Waals surface area contributed by atoms with Crippen LogP contribution >= 0.6 is 12.6 Å². The molecule has 0 aliphatic heterocycles. The van der Waals surface area contributed by atoms with E-state index in [1.54, 1.807) is 0 Å². The van der Waals surface area contributed by atoms with E-state index in [4.69, 9.17) is 5.73 Å². The van der Waals surface area contributed by atoms with E-state index in [0.717, 1.165) is 12.8 Å². The molecule has 0 aromatic heterocycles. The van der Waals surface area contributed by atoms with Crippen LogP contribution in [0.4, 0.5) is 0 Å². The minimum absolute atomic E-state index is 0.0823. The number of nitrogens with two attached hydrogens (primary N) is 1. The molecule has 0 aromatic rings. The second-order valence-corrected chi connectivity index (χ2v) is 4.96. The predicted octanol–water partition coefficient (Wildman–Crippen LogP) is 1.33. The SMILES string of the molecule is NCC1(CC(=O)NCCS)CCCCC1. The van der Waals surface area contributed by atoms with Gasteiger partial charge in [0.1, 0.15) is 0 Å². The Hall–Kier alpha value is -0.220. The maximum Gasteiger partial charge on any atom is 0.220 e. The Kier molecular flexibility index (Phi) is 5.47.